The van der Waals surface area contributed by atoms with Crippen LogP contribution in [0.25, 0.3) is 0 Å². The number of rotatable bonds is 7. The van der Waals surface area contributed by atoms with Gasteiger partial charge >= 0.3 is 5.51 Å². The zero-order valence-electron chi connectivity index (χ0n) is 14.9. The molecular formula is C18H20F3N3O2S2. The average Bonchev–Trinajstić information content (AvgIpc) is 3.33. The van der Waals surface area contributed by atoms with Crippen LogP contribution in [-0.4, -0.2) is 20.6 Å². The molecule has 2 aromatic rings. The molecule has 2 unspecified atom stereocenters. The number of thiazole rings is 1. The summed E-state index contributed by atoms with van der Waals surface area (Å²) in [7, 11) is -3.18. The molecule has 1 heterocycles. The Labute approximate surface area is 167 Å². The van der Waals surface area contributed by atoms with Crippen LogP contribution in [0.4, 0.5) is 24.0 Å². The van der Waals surface area contributed by atoms with Crippen molar-refractivity contribution in [1.82, 2.24) is 4.98 Å². The van der Waals surface area contributed by atoms with Gasteiger partial charge in [-0.15, -0.1) is 11.3 Å². The van der Waals surface area contributed by atoms with E-state index < -0.39 is 22.4 Å². The lowest BCUT2D eigenvalue weighted by molar-refractivity contribution is -0.118. The number of nitrogens with zero attached hydrogens (tertiary/aromatic N) is 1. The number of anilines is 2. The molecule has 3 rings (SSSR count). The first-order chi connectivity index (χ1) is 13.3. The second-order valence-corrected chi connectivity index (χ2v) is 8.80. The summed E-state index contributed by atoms with van der Waals surface area (Å²) in [6, 6.07) is 6.04. The smallest absolute Gasteiger partial charge is 0.301 e. The van der Waals surface area contributed by atoms with Crippen LogP contribution >= 0.6 is 11.3 Å². The molecule has 1 fully saturated rings. The Hall–Kier alpha value is -1.94. The van der Waals surface area contributed by atoms with E-state index in [0.29, 0.717) is 23.0 Å². The molecule has 0 radical (unpaired) electrons. The third kappa shape index (κ3) is 5.54. The summed E-state index contributed by atoms with van der Waals surface area (Å²) in [5.41, 5.74) is -4.04. The predicted molar refractivity (Wildman–Crippen MR) is 104 cm³/mol. The van der Waals surface area contributed by atoms with Crippen molar-refractivity contribution in [2.24, 2.45) is 5.92 Å². The van der Waals surface area contributed by atoms with Gasteiger partial charge in [0.05, 0.1) is 5.92 Å². The summed E-state index contributed by atoms with van der Waals surface area (Å²) in [5.74, 6) is -0.154. The van der Waals surface area contributed by atoms with Crippen molar-refractivity contribution in [3.8, 4) is 0 Å². The minimum absolute atomic E-state index is 0.0827. The van der Waals surface area contributed by atoms with Crippen LogP contribution in [0.15, 0.2) is 35.8 Å². The van der Waals surface area contributed by atoms with E-state index in [1.807, 2.05) is 4.72 Å². The number of alkyl halides is 3. The van der Waals surface area contributed by atoms with Crippen molar-refractivity contribution in [2.45, 2.75) is 43.5 Å². The molecule has 1 saturated carbocycles. The molecule has 1 aromatic heterocycles. The highest BCUT2D eigenvalue weighted by Crippen LogP contribution is 2.35. The van der Waals surface area contributed by atoms with Crippen molar-refractivity contribution >= 4 is 39.0 Å². The molecule has 28 heavy (non-hydrogen) atoms. The van der Waals surface area contributed by atoms with Crippen LogP contribution < -0.4 is 10.0 Å². The summed E-state index contributed by atoms with van der Waals surface area (Å²) >= 11 is 1.32. The standard InChI is InChI=1S/C18H20F3N3O2S2/c19-18(20,21)28(26)24-14-7-5-13(6-8-14)15(11-12-3-1-2-4-12)16(25)23-17-22-9-10-27-17/h5-10,12,15,24H,1-4,11H2,(H,22,23,25). The largest absolute Gasteiger partial charge is 0.490 e. The highest BCUT2D eigenvalue weighted by Gasteiger charge is 2.37. The van der Waals surface area contributed by atoms with E-state index in [1.165, 1.54) is 23.5 Å². The minimum Gasteiger partial charge on any atom is -0.301 e. The van der Waals surface area contributed by atoms with Gasteiger partial charge in [0, 0.05) is 17.3 Å². The summed E-state index contributed by atoms with van der Waals surface area (Å²) in [6.45, 7) is 0. The first kappa shape index (κ1) is 20.8. The maximum Gasteiger partial charge on any atom is 0.490 e. The van der Waals surface area contributed by atoms with Gasteiger partial charge in [0.15, 0.2) is 5.13 Å². The SMILES string of the molecule is O=C(Nc1nccs1)C(CC1CCCC1)c1ccc(NS(=O)C(F)(F)F)cc1. The van der Waals surface area contributed by atoms with E-state index in [1.54, 1.807) is 23.7 Å². The van der Waals surface area contributed by atoms with Gasteiger partial charge in [-0.3, -0.25) is 9.52 Å². The first-order valence-electron chi connectivity index (χ1n) is 8.88. The summed E-state index contributed by atoms with van der Waals surface area (Å²) < 4.78 is 50.4. The minimum atomic E-state index is -4.84. The Morgan fingerprint density at radius 1 is 1.25 bits per heavy atom. The number of carbonyl (C=O) groups is 1. The van der Waals surface area contributed by atoms with Crippen LogP contribution in [0.2, 0.25) is 0 Å². The second kappa shape index (κ2) is 9.04. The quantitative estimate of drug-likeness (QED) is 0.645. The molecular weight excluding hydrogens is 411 g/mol. The Morgan fingerprint density at radius 2 is 1.93 bits per heavy atom. The van der Waals surface area contributed by atoms with Crippen molar-refractivity contribution in [3.05, 3.63) is 41.4 Å². The third-order valence-corrected chi connectivity index (χ3v) is 6.29. The fourth-order valence-electron chi connectivity index (χ4n) is 3.40. The van der Waals surface area contributed by atoms with Gasteiger partial charge in [-0.05, 0) is 30.0 Å². The average molecular weight is 432 g/mol. The van der Waals surface area contributed by atoms with E-state index in [0.717, 1.165) is 25.7 Å². The van der Waals surface area contributed by atoms with Crippen LogP contribution in [0, 0.1) is 5.92 Å². The van der Waals surface area contributed by atoms with Gasteiger partial charge in [0.25, 0.3) is 0 Å². The van der Waals surface area contributed by atoms with E-state index >= 15 is 0 Å². The molecule has 1 amide bonds. The molecule has 1 aromatic carbocycles. The van der Waals surface area contributed by atoms with Crippen LogP contribution in [0.3, 0.4) is 0 Å². The lowest BCUT2D eigenvalue weighted by atomic mass is 9.87. The van der Waals surface area contributed by atoms with Gasteiger partial charge in [0.1, 0.15) is 0 Å². The van der Waals surface area contributed by atoms with E-state index in [4.69, 9.17) is 0 Å². The van der Waals surface area contributed by atoms with Gasteiger partial charge in [-0.25, -0.2) is 9.19 Å². The Kier molecular flexibility index (Phi) is 6.71. The number of amides is 1. The number of benzene rings is 1. The van der Waals surface area contributed by atoms with Gasteiger partial charge in [-0.2, -0.15) is 13.2 Å². The molecule has 10 heteroatoms. The molecule has 2 N–H and O–H groups in total. The molecule has 1 aliphatic rings. The highest BCUT2D eigenvalue weighted by molar-refractivity contribution is 7.87. The van der Waals surface area contributed by atoms with Gasteiger partial charge in [0.2, 0.25) is 16.9 Å². The zero-order valence-corrected chi connectivity index (χ0v) is 16.5. The second-order valence-electron chi connectivity index (χ2n) is 6.70. The molecule has 0 saturated heterocycles. The van der Waals surface area contributed by atoms with E-state index in [-0.39, 0.29) is 11.6 Å². The fourth-order valence-corrected chi connectivity index (χ4v) is 4.40. The molecule has 152 valence electrons. The molecule has 0 spiro atoms. The Balaban J connectivity index is 1.74. The Bertz CT molecular complexity index is 804. The first-order valence-corrected chi connectivity index (χ1v) is 10.9. The predicted octanol–water partition coefficient (Wildman–Crippen LogP) is 5.04. The maximum atomic E-state index is 12.8. The topological polar surface area (TPSA) is 71.1 Å². The number of hydrogen-bond acceptors (Lipinski definition) is 4. The third-order valence-electron chi connectivity index (χ3n) is 4.76. The maximum absolute atomic E-state index is 12.8. The Morgan fingerprint density at radius 3 is 2.50 bits per heavy atom. The van der Waals surface area contributed by atoms with Gasteiger partial charge in [-0.1, -0.05) is 37.8 Å². The van der Waals surface area contributed by atoms with Crippen molar-refractivity contribution in [2.75, 3.05) is 10.0 Å². The number of nitrogens with one attached hydrogen (secondary N) is 2. The van der Waals surface area contributed by atoms with Crippen LogP contribution in [0.1, 0.15) is 43.6 Å². The molecule has 2 atom stereocenters. The number of carbonyl (C=O) groups excluding carboxylic acids is 1. The monoisotopic (exact) mass is 431 g/mol. The van der Waals surface area contributed by atoms with Gasteiger partial charge < -0.3 is 5.32 Å². The molecule has 0 aliphatic heterocycles. The van der Waals surface area contributed by atoms with Crippen LogP contribution in [0.5, 0.6) is 0 Å². The van der Waals surface area contributed by atoms with E-state index in [2.05, 4.69) is 10.3 Å². The van der Waals surface area contributed by atoms with Crippen molar-refractivity contribution in [1.29, 1.82) is 0 Å². The lowest BCUT2D eigenvalue weighted by Gasteiger charge is -2.20. The normalized spacial score (nSPS) is 17.2. The molecule has 5 nitrogen and oxygen atoms in total. The lowest BCUT2D eigenvalue weighted by Crippen LogP contribution is -2.24. The summed E-state index contributed by atoms with van der Waals surface area (Å²) in [6.07, 6.45) is 6.73. The van der Waals surface area contributed by atoms with E-state index in [9.17, 15) is 22.2 Å². The van der Waals surface area contributed by atoms with Crippen molar-refractivity contribution < 1.29 is 22.2 Å². The fraction of sp³-hybridized carbons (Fsp3) is 0.444. The number of aromatic nitrogens is 1. The zero-order chi connectivity index (χ0) is 20.1. The van der Waals surface area contributed by atoms with Crippen LogP contribution in [-0.2, 0) is 15.8 Å². The number of halogens is 3. The summed E-state index contributed by atoms with van der Waals surface area (Å²) in [5, 5.41) is 5.10. The highest BCUT2D eigenvalue weighted by atomic mass is 32.2. The summed E-state index contributed by atoms with van der Waals surface area (Å²) in [4.78, 5) is 16.9. The number of hydrogen-bond donors (Lipinski definition) is 2. The molecule has 1 aliphatic carbocycles. The van der Waals surface area contributed by atoms with Crippen molar-refractivity contribution in [3.63, 3.8) is 0 Å². The molecule has 0 bridgehead atoms.